The molecule has 7 nitrogen and oxygen atoms in total. The van der Waals surface area contributed by atoms with Crippen molar-refractivity contribution >= 4 is 34.1 Å². The second kappa shape index (κ2) is 5.61. The average molecular weight is 279 g/mol. The first kappa shape index (κ1) is 13.2. The van der Waals surface area contributed by atoms with Gasteiger partial charge in [0, 0.05) is 24.1 Å². The van der Waals surface area contributed by atoms with E-state index in [2.05, 4.69) is 25.8 Å². The predicted molar refractivity (Wildman–Crippen MR) is 72.3 cm³/mol. The SMILES string of the molecule is CCc1cc(NC(=O)c2csc(NC(C)=O)n2)n[nH]1. The van der Waals surface area contributed by atoms with Gasteiger partial charge in [-0.1, -0.05) is 6.92 Å². The Morgan fingerprint density at radius 2 is 2.21 bits per heavy atom. The number of anilines is 2. The molecule has 0 saturated heterocycles. The first-order valence-electron chi connectivity index (χ1n) is 5.67. The number of aryl methyl sites for hydroxylation is 1. The molecule has 0 aliphatic heterocycles. The highest BCUT2D eigenvalue weighted by Gasteiger charge is 2.12. The van der Waals surface area contributed by atoms with Crippen LogP contribution in [-0.4, -0.2) is 27.0 Å². The molecule has 2 amide bonds. The summed E-state index contributed by atoms with van der Waals surface area (Å²) in [6.07, 6.45) is 0.812. The van der Waals surface area contributed by atoms with Crippen molar-refractivity contribution in [2.75, 3.05) is 10.6 Å². The number of thiazole rings is 1. The molecule has 100 valence electrons. The molecule has 0 fully saturated rings. The average Bonchev–Trinajstić information content (AvgIpc) is 2.97. The molecule has 8 heteroatoms. The van der Waals surface area contributed by atoms with Gasteiger partial charge in [0.25, 0.3) is 5.91 Å². The smallest absolute Gasteiger partial charge is 0.276 e. The molecule has 0 bridgehead atoms. The summed E-state index contributed by atoms with van der Waals surface area (Å²) in [7, 11) is 0. The maximum atomic E-state index is 11.9. The Balaban J connectivity index is 2.03. The van der Waals surface area contributed by atoms with Gasteiger partial charge in [-0.2, -0.15) is 5.10 Å². The number of hydrogen-bond donors (Lipinski definition) is 3. The third-order valence-electron chi connectivity index (χ3n) is 2.27. The molecule has 0 aliphatic rings. The summed E-state index contributed by atoms with van der Waals surface area (Å²) in [5, 5.41) is 13.9. The summed E-state index contributed by atoms with van der Waals surface area (Å²) in [5.74, 6) is -0.126. The number of hydrogen-bond acceptors (Lipinski definition) is 5. The predicted octanol–water partition coefficient (Wildman–Crippen LogP) is 1.64. The normalized spacial score (nSPS) is 10.2. The number of aromatic amines is 1. The molecule has 0 aliphatic carbocycles. The minimum absolute atomic E-state index is 0.221. The first-order valence-corrected chi connectivity index (χ1v) is 6.55. The Bertz CT molecular complexity index is 604. The highest BCUT2D eigenvalue weighted by Crippen LogP contribution is 2.16. The zero-order chi connectivity index (χ0) is 13.8. The van der Waals surface area contributed by atoms with Crippen LogP contribution in [0.3, 0.4) is 0 Å². The van der Waals surface area contributed by atoms with Gasteiger partial charge < -0.3 is 10.6 Å². The molecule has 3 N–H and O–H groups in total. The topological polar surface area (TPSA) is 99.8 Å². The minimum Gasteiger partial charge on any atom is -0.304 e. The van der Waals surface area contributed by atoms with E-state index in [0.29, 0.717) is 10.9 Å². The lowest BCUT2D eigenvalue weighted by molar-refractivity contribution is -0.114. The summed E-state index contributed by atoms with van der Waals surface area (Å²) in [4.78, 5) is 26.7. The summed E-state index contributed by atoms with van der Waals surface area (Å²) in [5.41, 5.74) is 1.18. The van der Waals surface area contributed by atoms with Gasteiger partial charge in [-0.3, -0.25) is 14.7 Å². The Morgan fingerprint density at radius 1 is 1.42 bits per heavy atom. The molecule has 0 atom stereocenters. The quantitative estimate of drug-likeness (QED) is 0.792. The Hall–Kier alpha value is -2.22. The number of nitrogens with one attached hydrogen (secondary N) is 3. The van der Waals surface area contributed by atoms with Crippen LogP contribution < -0.4 is 10.6 Å². The molecule has 2 aromatic heterocycles. The van der Waals surface area contributed by atoms with E-state index in [4.69, 9.17) is 0 Å². The van der Waals surface area contributed by atoms with E-state index in [-0.39, 0.29) is 17.5 Å². The summed E-state index contributed by atoms with van der Waals surface area (Å²) >= 11 is 1.19. The van der Waals surface area contributed by atoms with E-state index in [9.17, 15) is 9.59 Å². The van der Waals surface area contributed by atoms with Gasteiger partial charge in [-0.05, 0) is 6.42 Å². The highest BCUT2D eigenvalue weighted by molar-refractivity contribution is 7.14. The number of amides is 2. The van der Waals surface area contributed by atoms with Crippen LogP contribution >= 0.6 is 11.3 Å². The van der Waals surface area contributed by atoms with E-state index < -0.39 is 0 Å². The Morgan fingerprint density at radius 3 is 2.84 bits per heavy atom. The second-order valence-corrected chi connectivity index (χ2v) is 4.66. The fraction of sp³-hybridized carbons (Fsp3) is 0.273. The summed E-state index contributed by atoms with van der Waals surface area (Å²) in [6, 6.07) is 1.76. The van der Waals surface area contributed by atoms with Crippen molar-refractivity contribution in [2.45, 2.75) is 20.3 Å². The molecule has 2 heterocycles. The summed E-state index contributed by atoms with van der Waals surface area (Å²) in [6.45, 7) is 3.37. The Labute approximate surface area is 113 Å². The van der Waals surface area contributed by atoms with E-state index in [1.807, 2.05) is 6.92 Å². The molecule has 0 radical (unpaired) electrons. The van der Waals surface area contributed by atoms with Crippen molar-refractivity contribution in [3.63, 3.8) is 0 Å². The van der Waals surface area contributed by atoms with Crippen molar-refractivity contribution in [1.82, 2.24) is 15.2 Å². The van der Waals surface area contributed by atoms with Crippen LogP contribution in [0.25, 0.3) is 0 Å². The monoisotopic (exact) mass is 279 g/mol. The fourth-order valence-electron chi connectivity index (χ4n) is 1.37. The summed E-state index contributed by atoms with van der Waals surface area (Å²) < 4.78 is 0. The molecule has 0 unspecified atom stereocenters. The highest BCUT2D eigenvalue weighted by atomic mass is 32.1. The fourth-order valence-corrected chi connectivity index (χ4v) is 2.11. The van der Waals surface area contributed by atoms with Crippen molar-refractivity contribution in [3.05, 3.63) is 22.8 Å². The molecular weight excluding hydrogens is 266 g/mol. The standard InChI is InChI=1S/C11H13N5O2S/c1-3-7-4-9(16-15-7)14-10(18)8-5-19-11(13-8)12-6(2)17/h4-5H,3H2,1-2H3,(H,12,13,17)(H2,14,15,16,18). The number of carbonyl (C=O) groups is 2. The van der Waals surface area contributed by atoms with Crippen LogP contribution in [0.4, 0.5) is 10.9 Å². The van der Waals surface area contributed by atoms with Crippen molar-refractivity contribution < 1.29 is 9.59 Å². The first-order chi connectivity index (χ1) is 9.08. The molecule has 2 rings (SSSR count). The van der Waals surface area contributed by atoms with Crippen molar-refractivity contribution in [1.29, 1.82) is 0 Å². The number of carbonyl (C=O) groups excluding carboxylic acids is 2. The van der Waals surface area contributed by atoms with Crippen LogP contribution in [0.1, 0.15) is 30.0 Å². The third kappa shape index (κ3) is 3.38. The van der Waals surface area contributed by atoms with Gasteiger partial charge in [-0.25, -0.2) is 4.98 Å². The lowest BCUT2D eigenvalue weighted by Gasteiger charge is -1.97. The number of aromatic nitrogens is 3. The second-order valence-electron chi connectivity index (χ2n) is 3.81. The lowest BCUT2D eigenvalue weighted by Crippen LogP contribution is -2.13. The largest absolute Gasteiger partial charge is 0.304 e. The van der Waals surface area contributed by atoms with Crippen LogP contribution in [0, 0.1) is 0 Å². The van der Waals surface area contributed by atoms with Gasteiger partial charge in [0.05, 0.1) is 0 Å². The molecule has 0 saturated carbocycles. The Kier molecular flexibility index (Phi) is 3.91. The van der Waals surface area contributed by atoms with Crippen LogP contribution in [0.15, 0.2) is 11.4 Å². The van der Waals surface area contributed by atoms with Crippen LogP contribution in [0.5, 0.6) is 0 Å². The molecule has 19 heavy (non-hydrogen) atoms. The van der Waals surface area contributed by atoms with E-state index in [1.165, 1.54) is 18.3 Å². The van der Waals surface area contributed by atoms with Crippen molar-refractivity contribution in [3.8, 4) is 0 Å². The minimum atomic E-state index is -0.359. The maximum absolute atomic E-state index is 11.9. The lowest BCUT2D eigenvalue weighted by atomic mass is 10.3. The third-order valence-corrected chi connectivity index (χ3v) is 3.03. The zero-order valence-corrected chi connectivity index (χ0v) is 11.3. The van der Waals surface area contributed by atoms with Gasteiger partial charge in [0.1, 0.15) is 5.69 Å². The number of H-pyrrole nitrogens is 1. The van der Waals surface area contributed by atoms with Crippen LogP contribution in [0.2, 0.25) is 0 Å². The zero-order valence-electron chi connectivity index (χ0n) is 10.5. The van der Waals surface area contributed by atoms with Gasteiger partial charge >= 0.3 is 0 Å². The molecule has 2 aromatic rings. The van der Waals surface area contributed by atoms with Gasteiger partial charge in [-0.15, -0.1) is 11.3 Å². The number of rotatable bonds is 4. The molecule has 0 aromatic carbocycles. The van der Waals surface area contributed by atoms with E-state index in [0.717, 1.165) is 12.1 Å². The van der Waals surface area contributed by atoms with Gasteiger partial charge in [0.2, 0.25) is 5.91 Å². The molecular formula is C11H13N5O2S. The van der Waals surface area contributed by atoms with E-state index >= 15 is 0 Å². The maximum Gasteiger partial charge on any atom is 0.276 e. The van der Waals surface area contributed by atoms with Crippen molar-refractivity contribution in [2.24, 2.45) is 0 Å². The van der Waals surface area contributed by atoms with Gasteiger partial charge in [0.15, 0.2) is 10.9 Å². The molecule has 0 spiro atoms. The van der Waals surface area contributed by atoms with E-state index in [1.54, 1.807) is 11.4 Å². The van der Waals surface area contributed by atoms with Crippen LogP contribution in [-0.2, 0) is 11.2 Å². The number of nitrogens with zero attached hydrogens (tertiary/aromatic N) is 2.